The van der Waals surface area contributed by atoms with Crippen LogP contribution in [0, 0.1) is 5.82 Å². The zero-order valence-corrected chi connectivity index (χ0v) is 18.7. The van der Waals surface area contributed by atoms with Crippen molar-refractivity contribution in [3.63, 3.8) is 0 Å². The van der Waals surface area contributed by atoms with E-state index in [-0.39, 0.29) is 60.8 Å². The van der Waals surface area contributed by atoms with E-state index < -0.39 is 0 Å². The summed E-state index contributed by atoms with van der Waals surface area (Å²) < 4.78 is 19.6. The molecule has 4 nitrogen and oxygen atoms in total. The van der Waals surface area contributed by atoms with E-state index in [1.807, 2.05) is 42.6 Å². The predicted octanol–water partition coefficient (Wildman–Crippen LogP) is 6.52. The summed E-state index contributed by atoms with van der Waals surface area (Å²) in [6, 6.07) is 14.9. The van der Waals surface area contributed by atoms with Gasteiger partial charge >= 0.3 is 0 Å². The van der Waals surface area contributed by atoms with Crippen molar-refractivity contribution in [1.29, 1.82) is 0 Å². The van der Waals surface area contributed by atoms with Crippen molar-refractivity contribution < 1.29 is 41.8 Å². The maximum absolute atomic E-state index is 12.4. The Kier molecular flexibility index (Phi) is 18.4. The summed E-state index contributed by atoms with van der Waals surface area (Å²) in [5.41, 5.74) is 2.22. The number of ether oxygens (including phenoxy) is 1. The first-order chi connectivity index (χ1) is 12.0. The molecule has 3 rings (SSSR count). The number of hydrogen-bond acceptors (Lipinski definition) is 3. The van der Waals surface area contributed by atoms with Gasteiger partial charge in [0.05, 0.1) is 5.52 Å². The molecule has 6 heteroatoms. The van der Waals surface area contributed by atoms with E-state index in [4.69, 9.17) is 4.74 Å². The smallest absolute Gasteiger partial charge is 0.235 e. The molecule has 0 aliphatic rings. The second-order valence-electron chi connectivity index (χ2n) is 6.41. The first-order valence-electron chi connectivity index (χ1n) is 8.51. The van der Waals surface area contributed by atoms with E-state index in [9.17, 15) is 4.39 Å². The van der Waals surface area contributed by atoms with E-state index in [1.54, 1.807) is 4.52 Å². The minimum atomic E-state index is -0.163. The SMILES string of the molecule is C.C.C.CC(C)NCOc1cc2ccccn2n1.CC(C)c1ccc(F)cc1.[Y]. The molecule has 0 unspecified atom stereocenters. The molecule has 161 valence electrons. The summed E-state index contributed by atoms with van der Waals surface area (Å²) in [5, 5.41) is 7.43. The average Bonchev–Trinajstić information content (AvgIpc) is 2.98. The Hall–Kier alpha value is -1.30. The van der Waals surface area contributed by atoms with Crippen LogP contribution in [0.25, 0.3) is 5.52 Å². The van der Waals surface area contributed by atoms with Crippen LogP contribution >= 0.6 is 0 Å². The van der Waals surface area contributed by atoms with Crippen molar-refractivity contribution in [1.82, 2.24) is 14.9 Å². The monoisotopic (exact) mass is 480 g/mol. The minimum absolute atomic E-state index is 0. The average molecular weight is 480 g/mol. The van der Waals surface area contributed by atoms with Crippen LogP contribution in [-0.4, -0.2) is 22.4 Å². The summed E-state index contributed by atoms with van der Waals surface area (Å²) >= 11 is 0. The van der Waals surface area contributed by atoms with Crippen LogP contribution in [0.15, 0.2) is 54.7 Å². The summed E-state index contributed by atoms with van der Waals surface area (Å²) in [6.45, 7) is 8.82. The molecule has 0 bridgehead atoms. The van der Waals surface area contributed by atoms with Crippen molar-refractivity contribution >= 4 is 5.52 Å². The number of fused-ring (bicyclic) bond motifs is 1. The van der Waals surface area contributed by atoms with Gasteiger partial charge in [-0.05, 0) is 49.6 Å². The van der Waals surface area contributed by atoms with Crippen LogP contribution in [0.2, 0.25) is 0 Å². The Labute approximate surface area is 202 Å². The fraction of sp³-hybridized carbons (Fsp3) is 0.435. The fourth-order valence-electron chi connectivity index (χ4n) is 2.12. The van der Waals surface area contributed by atoms with Crippen LogP contribution in [0.1, 0.15) is 61.5 Å². The van der Waals surface area contributed by atoms with Gasteiger partial charge in [-0.1, -0.05) is 54.3 Å². The number of halogens is 1. The van der Waals surface area contributed by atoms with Gasteiger partial charge in [0, 0.05) is 51.0 Å². The molecule has 0 spiro atoms. The van der Waals surface area contributed by atoms with Crippen molar-refractivity contribution in [3.8, 4) is 5.88 Å². The number of nitrogens with one attached hydrogen (secondary N) is 1. The second kappa shape index (κ2) is 16.5. The third kappa shape index (κ3) is 11.5. The summed E-state index contributed by atoms with van der Waals surface area (Å²) in [7, 11) is 0. The zero-order valence-electron chi connectivity index (χ0n) is 15.8. The molecule has 0 saturated heterocycles. The van der Waals surface area contributed by atoms with Crippen LogP contribution in [0.5, 0.6) is 5.88 Å². The molecular weight excluding hydrogens is 442 g/mol. The van der Waals surface area contributed by atoms with Gasteiger partial charge in [-0.3, -0.25) is 5.32 Å². The molecule has 0 saturated carbocycles. The Balaban J connectivity index is -0.000000434. The molecule has 2 heterocycles. The third-order valence-corrected chi connectivity index (χ3v) is 3.60. The van der Waals surface area contributed by atoms with E-state index >= 15 is 0 Å². The molecule has 0 atom stereocenters. The molecule has 2 aromatic heterocycles. The Morgan fingerprint density at radius 2 is 1.62 bits per heavy atom. The zero-order chi connectivity index (χ0) is 18.2. The summed E-state index contributed by atoms with van der Waals surface area (Å²) in [5.74, 6) is 0.972. The molecule has 1 aromatic carbocycles. The van der Waals surface area contributed by atoms with E-state index in [1.165, 1.54) is 17.7 Å². The quantitative estimate of drug-likeness (QED) is 0.423. The molecule has 3 aromatic rings. The van der Waals surface area contributed by atoms with Crippen molar-refractivity contribution in [3.05, 3.63) is 66.1 Å². The van der Waals surface area contributed by atoms with E-state index in [2.05, 4.69) is 38.1 Å². The maximum Gasteiger partial charge on any atom is 0.235 e. The van der Waals surface area contributed by atoms with Crippen LogP contribution in [-0.2, 0) is 32.7 Å². The largest absolute Gasteiger partial charge is 0.461 e. The van der Waals surface area contributed by atoms with Gasteiger partial charge in [0.15, 0.2) is 0 Å². The van der Waals surface area contributed by atoms with Gasteiger partial charge in [-0.25, -0.2) is 8.91 Å². The van der Waals surface area contributed by atoms with Crippen LogP contribution in [0.4, 0.5) is 4.39 Å². The molecule has 1 N–H and O–H groups in total. The standard InChI is InChI=1S/C11H15N3O.C9H11F.3CH4.Y/c1-9(2)12-8-15-11-7-10-5-3-4-6-14(10)13-11;1-7(2)8-3-5-9(10)6-4-8;;;;/h3-7,9,12H,8H2,1-2H3;3-7H,1-2H3;3*1H4;. The van der Waals surface area contributed by atoms with Gasteiger partial charge in [-0.15, -0.1) is 5.10 Å². The molecule has 0 aliphatic carbocycles. The summed E-state index contributed by atoms with van der Waals surface area (Å²) in [6.07, 6.45) is 1.90. The van der Waals surface area contributed by atoms with Crippen LogP contribution in [0.3, 0.4) is 0 Å². The van der Waals surface area contributed by atoms with Gasteiger partial charge < -0.3 is 4.74 Å². The predicted molar refractivity (Wildman–Crippen MR) is 120 cm³/mol. The Morgan fingerprint density at radius 1 is 1.00 bits per heavy atom. The first-order valence-corrected chi connectivity index (χ1v) is 8.51. The number of hydrogen-bond donors (Lipinski definition) is 1. The number of aromatic nitrogens is 2. The Bertz CT molecular complexity index is 740. The first kappa shape index (κ1) is 32.4. The van der Waals surface area contributed by atoms with Crippen molar-refractivity contribution in [2.75, 3.05) is 6.73 Å². The second-order valence-corrected chi connectivity index (χ2v) is 6.41. The number of benzene rings is 1. The van der Waals surface area contributed by atoms with E-state index in [0.29, 0.717) is 24.6 Å². The maximum atomic E-state index is 12.4. The third-order valence-electron chi connectivity index (χ3n) is 3.60. The molecule has 0 amide bonds. The molecule has 1 radical (unpaired) electrons. The molecule has 29 heavy (non-hydrogen) atoms. The van der Waals surface area contributed by atoms with Crippen molar-refractivity contribution in [2.24, 2.45) is 0 Å². The number of nitrogens with zero attached hydrogens (tertiary/aromatic N) is 2. The summed E-state index contributed by atoms with van der Waals surface area (Å²) in [4.78, 5) is 0. The van der Waals surface area contributed by atoms with E-state index in [0.717, 1.165) is 5.52 Å². The van der Waals surface area contributed by atoms with Crippen LogP contribution < -0.4 is 10.1 Å². The molecule has 0 aliphatic heterocycles. The van der Waals surface area contributed by atoms with Gasteiger partial charge in [0.2, 0.25) is 5.88 Å². The number of rotatable bonds is 5. The van der Waals surface area contributed by atoms with Crippen molar-refractivity contribution in [2.45, 2.75) is 61.9 Å². The molecular formula is C23H38FN3OY. The normalized spacial score (nSPS) is 9.34. The van der Waals surface area contributed by atoms with Gasteiger partial charge in [0.1, 0.15) is 12.5 Å². The van der Waals surface area contributed by atoms with Gasteiger partial charge in [0.25, 0.3) is 0 Å². The fourth-order valence-corrected chi connectivity index (χ4v) is 2.12. The Morgan fingerprint density at radius 3 is 2.14 bits per heavy atom. The topological polar surface area (TPSA) is 38.6 Å². The molecule has 0 fully saturated rings. The number of pyridine rings is 1. The van der Waals surface area contributed by atoms with Gasteiger partial charge in [-0.2, -0.15) is 0 Å². The minimum Gasteiger partial charge on any atom is -0.461 e.